The van der Waals surface area contributed by atoms with E-state index in [9.17, 15) is 9.90 Å². The summed E-state index contributed by atoms with van der Waals surface area (Å²) in [5.74, 6) is -0.461. The van der Waals surface area contributed by atoms with E-state index >= 15 is 0 Å². The molecule has 20 heavy (non-hydrogen) atoms. The number of aromatic nitrogens is 2. The Morgan fingerprint density at radius 3 is 2.65 bits per heavy atom. The second kappa shape index (κ2) is 4.96. The molecule has 0 saturated heterocycles. The molecule has 1 aliphatic rings. The summed E-state index contributed by atoms with van der Waals surface area (Å²) in [6.45, 7) is 1.42. The maximum Gasteiger partial charge on any atom is 0.254 e. The van der Waals surface area contributed by atoms with Gasteiger partial charge in [0.25, 0.3) is 5.91 Å². The standard InChI is InChI=1S/C14H15N3O2S/c1-9(18)11(19)15-13-17-16-12(20-13)14(7-8-14)10-5-3-2-4-6-10/h2-6,9,18H,7-8H2,1H3,(H,15,17,19). The van der Waals surface area contributed by atoms with Crippen LogP contribution in [0.5, 0.6) is 0 Å². The molecule has 0 bridgehead atoms. The number of benzene rings is 1. The molecule has 2 N–H and O–H groups in total. The minimum atomic E-state index is -1.05. The average Bonchev–Trinajstić information content (AvgIpc) is 3.14. The van der Waals surface area contributed by atoms with Crippen molar-refractivity contribution in [2.75, 3.05) is 5.32 Å². The first kappa shape index (κ1) is 13.2. The van der Waals surface area contributed by atoms with Crippen LogP contribution in [0.15, 0.2) is 30.3 Å². The number of aliphatic hydroxyl groups excluding tert-OH is 1. The van der Waals surface area contributed by atoms with Gasteiger partial charge in [-0.05, 0) is 25.3 Å². The average molecular weight is 289 g/mol. The molecule has 3 rings (SSSR count). The minimum Gasteiger partial charge on any atom is -0.384 e. The van der Waals surface area contributed by atoms with Gasteiger partial charge < -0.3 is 5.11 Å². The molecule has 0 radical (unpaired) electrons. The molecule has 104 valence electrons. The van der Waals surface area contributed by atoms with Crippen LogP contribution in [-0.2, 0) is 10.2 Å². The quantitative estimate of drug-likeness (QED) is 0.902. The zero-order chi connectivity index (χ0) is 14.2. The zero-order valence-corrected chi connectivity index (χ0v) is 11.9. The molecule has 0 aliphatic heterocycles. The number of aliphatic hydroxyl groups is 1. The van der Waals surface area contributed by atoms with Crippen LogP contribution in [-0.4, -0.2) is 27.3 Å². The Labute approximate surface area is 120 Å². The van der Waals surface area contributed by atoms with Gasteiger partial charge in [0.15, 0.2) is 0 Å². The Morgan fingerprint density at radius 2 is 2.05 bits per heavy atom. The molecule has 1 unspecified atom stereocenters. The monoisotopic (exact) mass is 289 g/mol. The van der Waals surface area contributed by atoms with Crippen molar-refractivity contribution in [2.45, 2.75) is 31.3 Å². The molecule has 5 nitrogen and oxygen atoms in total. The van der Waals surface area contributed by atoms with E-state index in [1.807, 2.05) is 18.2 Å². The number of hydrogen-bond acceptors (Lipinski definition) is 5. The number of hydrogen-bond donors (Lipinski definition) is 2. The van der Waals surface area contributed by atoms with E-state index < -0.39 is 12.0 Å². The van der Waals surface area contributed by atoms with Crippen LogP contribution >= 0.6 is 11.3 Å². The van der Waals surface area contributed by atoms with E-state index in [4.69, 9.17) is 0 Å². The van der Waals surface area contributed by atoms with E-state index in [2.05, 4.69) is 27.6 Å². The summed E-state index contributed by atoms with van der Waals surface area (Å²) >= 11 is 1.38. The first-order chi connectivity index (χ1) is 9.62. The van der Waals surface area contributed by atoms with E-state index in [-0.39, 0.29) is 5.41 Å². The number of amides is 1. The Hall–Kier alpha value is -1.79. The zero-order valence-electron chi connectivity index (χ0n) is 11.0. The van der Waals surface area contributed by atoms with Gasteiger partial charge in [0.05, 0.1) is 0 Å². The van der Waals surface area contributed by atoms with Gasteiger partial charge in [0.2, 0.25) is 5.13 Å². The largest absolute Gasteiger partial charge is 0.384 e. The minimum absolute atomic E-state index is 0.0350. The van der Waals surface area contributed by atoms with E-state index in [0.717, 1.165) is 17.8 Å². The summed E-state index contributed by atoms with van der Waals surface area (Å²) in [7, 11) is 0. The van der Waals surface area contributed by atoms with Crippen molar-refractivity contribution in [2.24, 2.45) is 0 Å². The SMILES string of the molecule is CC(O)C(=O)Nc1nnc(C2(c3ccccc3)CC2)s1. The second-order valence-corrected chi connectivity index (χ2v) is 6.00. The van der Waals surface area contributed by atoms with Gasteiger partial charge in [-0.25, -0.2) is 0 Å². The first-order valence-electron chi connectivity index (χ1n) is 6.50. The van der Waals surface area contributed by atoms with Crippen molar-refractivity contribution in [1.29, 1.82) is 0 Å². The highest BCUT2D eigenvalue weighted by Crippen LogP contribution is 2.54. The van der Waals surface area contributed by atoms with Gasteiger partial charge in [-0.2, -0.15) is 0 Å². The van der Waals surface area contributed by atoms with Crippen molar-refractivity contribution in [3.05, 3.63) is 40.9 Å². The van der Waals surface area contributed by atoms with Crippen LogP contribution in [0, 0.1) is 0 Å². The molecular weight excluding hydrogens is 274 g/mol. The Balaban J connectivity index is 1.82. The molecule has 2 aromatic rings. The molecule has 1 aliphatic carbocycles. The smallest absolute Gasteiger partial charge is 0.254 e. The third-order valence-electron chi connectivity index (χ3n) is 3.52. The highest BCUT2D eigenvalue weighted by Gasteiger charge is 2.48. The summed E-state index contributed by atoms with van der Waals surface area (Å²) < 4.78 is 0. The van der Waals surface area contributed by atoms with Crippen LogP contribution in [0.25, 0.3) is 0 Å². The number of rotatable bonds is 4. The third-order valence-corrected chi connectivity index (χ3v) is 4.56. The van der Waals surface area contributed by atoms with Crippen molar-refractivity contribution >= 4 is 22.4 Å². The Kier molecular flexibility index (Phi) is 3.27. The lowest BCUT2D eigenvalue weighted by atomic mass is 9.97. The van der Waals surface area contributed by atoms with Crippen molar-refractivity contribution in [3.63, 3.8) is 0 Å². The van der Waals surface area contributed by atoms with Crippen LogP contribution < -0.4 is 5.32 Å². The summed E-state index contributed by atoms with van der Waals surface area (Å²) in [6, 6.07) is 10.2. The molecular formula is C14H15N3O2S. The number of carbonyl (C=O) groups is 1. The molecule has 1 atom stereocenters. The molecule has 1 heterocycles. The summed E-state index contributed by atoms with van der Waals surface area (Å²) in [5, 5.41) is 21.3. The van der Waals surface area contributed by atoms with Crippen LogP contribution in [0.1, 0.15) is 30.3 Å². The molecule has 1 aromatic heterocycles. The van der Waals surface area contributed by atoms with Crippen LogP contribution in [0.4, 0.5) is 5.13 Å². The Bertz CT molecular complexity index is 620. The molecule has 1 amide bonds. The molecule has 0 spiro atoms. The van der Waals surface area contributed by atoms with Gasteiger partial charge in [-0.15, -0.1) is 10.2 Å². The van der Waals surface area contributed by atoms with Gasteiger partial charge in [0, 0.05) is 5.41 Å². The fourth-order valence-electron chi connectivity index (χ4n) is 2.19. The normalized spacial score (nSPS) is 17.5. The number of anilines is 1. The number of carbonyl (C=O) groups excluding carboxylic acids is 1. The van der Waals surface area contributed by atoms with Gasteiger partial charge >= 0.3 is 0 Å². The topological polar surface area (TPSA) is 75.1 Å². The van der Waals surface area contributed by atoms with Gasteiger partial charge in [0.1, 0.15) is 11.1 Å². The highest BCUT2D eigenvalue weighted by atomic mass is 32.1. The number of nitrogens with one attached hydrogen (secondary N) is 1. The fourth-order valence-corrected chi connectivity index (χ4v) is 3.20. The lowest BCUT2D eigenvalue weighted by molar-refractivity contribution is -0.123. The van der Waals surface area contributed by atoms with Crippen molar-refractivity contribution < 1.29 is 9.90 Å². The van der Waals surface area contributed by atoms with E-state index in [1.165, 1.54) is 23.8 Å². The lowest BCUT2D eigenvalue weighted by Crippen LogP contribution is -2.24. The van der Waals surface area contributed by atoms with Crippen molar-refractivity contribution in [3.8, 4) is 0 Å². The van der Waals surface area contributed by atoms with Crippen LogP contribution in [0.2, 0.25) is 0 Å². The summed E-state index contributed by atoms with van der Waals surface area (Å²) in [5.41, 5.74) is 1.21. The lowest BCUT2D eigenvalue weighted by Gasteiger charge is -2.11. The Morgan fingerprint density at radius 1 is 1.35 bits per heavy atom. The third kappa shape index (κ3) is 2.32. The predicted molar refractivity (Wildman–Crippen MR) is 76.7 cm³/mol. The summed E-state index contributed by atoms with van der Waals surface area (Å²) in [6.07, 6.45) is 1.05. The maximum atomic E-state index is 11.4. The number of nitrogens with zero attached hydrogens (tertiary/aromatic N) is 2. The fraction of sp³-hybridized carbons (Fsp3) is 0.357. The predicted octanol–water partition coefficient (Wildman–Crippen LogP) is 1.94. The summed E-state index contributed by atoms with van der Waals surface area (Å²) in [4.78, 5) is 11.4. The van der Waals surface area contributed by atoms with Gasteiger partial charge in [-0.3, -0.25) is 10.1 Å². The van der Waals surface area contributed by atoms with E-state index in [1.54, 1.807) is 0 Å². The molecule has 1 fully saturated rings. The first-order valence-corrected chi connectivity index (χ1v) is 7.32. The molecule has 1 saturated carbocycles. The van der Waals surface area contributed by atoms with Crippen molar-refractivity contribution in [1.82, 2.24) is 10.2 Å². The van der Waals surface area contributed by atoms with E-state index in [0.29, 0.717) is 5.13 Å². The van der Waals surface area contributed by atoms with Crippen LogP contribution in [0.3, 0.4) is 0 Å². The molecule has 6 heteroatoms. The second-order valence-electron chi connectivity index (χ2n) is 5.03. The highest BCUT2D eigenvalue weighted by molar-refractivity contribution is 7.15. The van der Waals surface area contributed by atoms with Gasteiger partial charge in [-0.1, -0.05) is 41.7 Å². The maximum absolute atomic E-state index is 11.4. The molecule has 1 aromatic carbocycles.